The van der Waals surface area contributed by atoms with E-state index in [1.165, 1.54) is 0 Å². The van der Waals surface area contributed by atoms with Gasteiger partial charge >= 0.3 is 0 Å². The Morgan fingerprint density at radius 1 is 1.36 bits per heavy atom. The van der Waals surface area contributed by atoms with E-state index in [1.54, 1.807) is 6.20 Å². The highest BCUT2D eigenvalue weighted by Gasteiger charge is 1.87. The van der Waals surface area contributed by atoms with Gasteiger partial charge in [0.15, 0.2) is 0 Å². The van der Waals surface area contributed by atoms with Crippen molar-refractivity contribution in [1.82, 2.24) is 4.98 Å². The summed E-state index contributed by atoms with van der Waals surface area (Å²) in [6.45, 7) is 0.573. The number of hydrogen-bond acceptors (Lipinski definition) is 2. The fourth-order valence-corrected chi connectivity index (χ4v) is 0.846. The first-order chi connectivity index (χ1) is 4.33. The van der Waals surface area contributed by atoms with Gasteiger partial charge in [0.25, 0.3) is 0 Å². The Bertz CT molecular complexity index is 190. The van der Waals surface area contributed by atoms with Crippen molar-refractivity contribution in [3.8, 4) is 0 Å². The Labute approximate surface area is 91.9 Å². The summed E-state index contributed by atoms with van der Waals surface area (Å²) in [6, 6.07) is 3.93. The Balaban J connectivity index is 0. The molecule has 64 valence electrons. The molecule has 0 spiro atoms. The van der Waals surface area contributed by atoms with Crippen LogP contribution < -0.4 is 5.73 Å². The zero-order valence-electron chi connectivity index (χ0n) is 5.66. The van der Waals surface area contributed by atoms with Crippen LogP contribution in [0, 0.1) is 3.70 Å². The fraction of sp³-hybridized carbons (Fsp3) is 0.167. The van der Waals surface area contributed by atoms with E-state index in [0.717, 1.165) is 9.26 Å². The van der Waals surface area contributed by atoms with Gasteiger partial charge in [-0.05, 0) is 34.2 Å². The summed E-state index contributed by atoms with van der Waals surface area (Å²) in [4.78, 5) is 4.06. The minimum atomic E-state index is 0. The summed E-state index contributed by atoms with van der Waals surface area (Å²) in [7, 11) is 0. The predicted molar refractivity (Wildman–Crippen MR) is 59.3 cm³/mol. The van der Waals surface area contributed by atoms with Gasteiger partial charge in [0.2, 0.25) is 0 Å². The van der Waals surface area contributed by atoms with Crippen LogP contribution in [-0.2, 0) is 6.54 Å². The molecule has 0 bridgehead atoms. The molecule has 1 aromatic rings. The van der Waals surface area contributed by atoms with Gasteiger partial charge in [-0.2, -0.15) is 0 Å². The van der Waals surface area contributed by atoms with E-state index in [0.29, 0.717) is 6.54 Å². The summed E-state index contributed by atoms with van der Waals surface area (Å²) >= 11 is 2.16. The molecule has 1 heterocycles. The lowest BCUT2D eigenvalue weighted by molar-refractivity contribution is 1.04. The topological polar surface area (TPSA) is 38.9 Å². The molecular formula is C6H9Cl2IN2. The molecule has 0 aliphatic rings. The lowest BCUT2D eigenvalue weighted by Crippen LogP contribution is -1.96. The third-order valence-electron chi connectivity index (χ3n) is 1.02. The average Bonchev–Trinajstić information content (AvgIpc) is 1.90. The van der Waals surface area contributed by atoms with E-state index in [9.17, 15) is 0 Å². The van der Waals surface area contributed by atoms with Crippen LogP contribution in [0.1, 0.15) is 5.56 Å². The molecule has 0 aromatic carbocycles. The van der Waals surface area contributed by atoms with Crippen molar-refractivity contribution < 1.29 is 0 Å². The van der Waals surface area contributed by atoms with Crippen LogP contribution in [0.15, 0.2) is 18.3 Å². The molecule has 0 unspecified atom stereocenters. The summed E-state index contributed by atoms with van der Waals surface area (Å²) < 4.78 is 1.00. The second-order valence-electron chi connectivity index (χ2n) is 1.69. The van der Waals surface area contributed by atoms with E-state index < -0.39 is 0 Å². The molecule has 2 N–H and O–H groups in total. The number of rotatable bonds is 1. The van der Waals surface area contributed by atoms with Crippen molar-refractivity contribution in [1.29, 1.82) is 0 Å². The van der Waals surface area contributed by atoms with Crippen molar-refractivity contribution >= 4 is 47.4 Å². The van der Waals surface area contributed by atoms with Gasteiger partial charge in [-0.1, -0.05) is 6.07 Å². The molecule has 0 aliphatic heterocycles. The Hall–Kier alpha value is 0.420. The minimum absolute atomic E-state index is 0. The smallest absolute Gasteiger partial charge is 0.101 e. The molecule has 0 atom stereocenters. The third kappa shape index (κ3) is 4.79. The van der Waals surface area contributed by atoms with Crippen molar-refractivity contribution in [3.63, 3.8) is 0 Å². The third-order valence-corrected chi connectivity index (χ3v) is 1.66. The van der Waals surface area contributed by atoms with Crippen LogP contribution in [0.5, 0.6) is 0 Å². The highest BCUT2D eigenvalue weighted by molar-refractivity contribution is 14.1. The lowest BCUT2D eigenvalue weighted by Gasteiger charge is -1.92. The zero-order chi connectivity index (χ0) is 6.69. The average molecular weight is 307 g/mol. The van der Waals surface area contributed by atoms with Gasteiger partial charge < -0.3 is 5.73 Å². The quantitative estimate of drug-likeness (QED) is 0.636. The molecule has 1 aromatic heterocycles. The molecule has 0 amide bonds. The highest BCUT2D eigenvalue weighted by atomic mass is 127. The molecule has 11 heavy (non-hydrogen) atoms. The molecule has 5 heteroatoms. The van der Waals surface area contributed by atoms with Gasteiger partial charge in [0, 0.05) is 12.7 Å². The summed E-state index contributed by atoms with van der Waals surface area (Å²) in [6.07, 6.45) is 1.79. The van der Waals surface area contributed by atoms with Gasteiger partial charge in [0.1, 0.15) is 3.70 Å². The Kier molecular flexibility index (Phi) is 9.01. The maximum absolute atomic E-state index is 5.36. The number of hydrogen-bond donors (Lipinski definition) is 1. The zero-order valence-corrected chi connectivity index (χ0v) is 9.45. The van der Waals surface area contributed by atoms with Crippen LogP contribution in [0.3, 0.4) is 0 Å². The Morgan fingerprint density at radius 3 is 2.36 bits per heavy atom. The minimum Gasteiger partial charge on any atom is -0.326 e. The van der Waals surface area contributed by atoms with Crippen LogP contribution >= 0.6 is 47.4 Å². The molecule has 0 aliphatic carbocycles. The number of pyridine rings is 1. The van der Waals surface area contributed by atoms with E-state index in [2.05, 4.69) is 27.6 Å². The second-order valence-corrected chi connectivity index (χ2v) is 2.80. The largest absolute Gasteiger partial charge is 0.326 e. The van der Waals surface area contributed by atoms with E-state index in [-0.39, 0.29) is 24.8 Å². The number of halogens is 3. The lowest BCUT2D eigenvalue weighted by atomic mass is 10.3. The Morgan fingerprint density at radius 2 is 2.00 bits per heavy atom. The number of aromatic nitrogens is 1. The van der Waals surface area contributed by atoms with Crippen LogP contribution in [0.2, 0.25) is 0 Å². The number of nitrogens with two attached hydrogens (primary N) is 1. The molecule has 0 saturated heterocycles. The first kappa shape index (κ1) is 14.0. The van der Waals surface area contributed by atoms with E-state index in [4.69, 9.17) is 5.73 Å². The van der Waals surface area contributed by atoms with Crippen molar-refractivity contribution in [2.45, 2.75) is 6.54 Å². The first-order valence-electron chi connectivity index (χ1n) is 2.63. The van der Waals surface area contributed by atoms with Crippen molar-refractivity contribution in [3.05, 3.63) is 27.6 Å². The second kappa shape index (κ2) is 7.09. The molecule has 1 rings (SSSR count). The maximum atomic E-state index is 5.36. The number of nitrogens with zero attached hydrogens (tertiary/aromatic N) is 1. The molecule has 0 radical (unpaired) electrons. The van der Waals surface area contributed by atoms with Crippen molar-refractivity contribution in [2.75, 3.05) is 0 Å². The van der Waals surface area contributed by atoms with Gasteiger partial charge in [-0.15, -0.1) is 24.8 Å². The van der Waals surface area contributed by atoms with Gasteiger partial charge in [0.05, 0.1) is 0 Å². The van der Waals surface area contributed by atoms with Gasteiger partial charge in [-0.3, -0.25) is 4.98 Å². The van der Waals surface area contributed by atoms with Crippen LogP contribution in [0.4, 0.5) is 0 Å². The molecule has 0 fully saturated rings. The van der Waals surface area contributed by atoms with Crippen molar-refractivity contribution in [2.24, 2.45) is 5.73 Å². The van der Waals surface area contributed by atoms with Crippen LogP contribution in [0.25, 0.3) is 0 Å². The molecular weight excluding hydrogens is 298 g/mol. The highest BCUT2D eigenvalue weighted by Crippen LogP contribution is 2.00. The normalized spacial score (nSPS) is 7.82. The van der Waals surface area contributed by atoms with E-state index >= 15 is 0 Å². The maximum Gasteiger partial charge on any atom is 0.101 e. The monoisotopic (exact) mass is 306 g/mol. The molecule has 0 saturated carbocycles. The van der Waals surface area contributed by atoms with E-state index in [1.807, 2.05) is 12.1 Å². The molecule has 2 nitrogen and oxygen atoms in total. The predicted octanol–water partition coefficient (Wildman–Crippen LogP) is 1.99. The standard InChI is InChI=1S/C6H7IN2.2ClH/c7-6-2-1-5(3-8)4-9-6;;/h1-2,4H,3,8H2;2*1H. The van der Waals surface area contributed by atoms with Crippen LogP contribution in [-0.4, -0.2) is 4.98 Å². The first-order valence-corrected chi connectivity index (χ1v) is 3.71. The summed E-state index contributed by atoms with van der Waals surface area (Å²) in [5.41, 5.74) is 6.44. The van der Waals surface area contributed by atoms with Gasteiger partial charge in [-0.25, -0.2) is 0 Å². The fourth-order valence-electron chi connectivity index (χ4n) is 0.527. The SMILES string of the molecule is Cl.Cl.NCc1ccc(I)nc1. The summed E-state index contributed by atoms with van der Waals surface area (Å²) in [5.74, 6) is 0. The summed E-state index contributed by atoms with van der Waals surface area (Å²) in [5, 5.41) is 0.